The molecular weight excluding hydrogens is 340 g/mol. The van der Waals surface area contributed by atoms with E-state index < -0.39 is 0 Å². The van der Waals surface area contributed by atoms with Crippen LogP contribution < -0.4 is 0 Å². The summed E-state index contributed by atoms with van der Waals surface area (Å²) >= 11 is 3.75. The summed E-state index contributed by atoms with van der Waals surface area (Å²) < 4.78 is 0. The van der Waals surface area contributed by atoms with E-state index in [2.05, 4.69) is 29.8 Å². The van der Waals surface area contributed by atoms with Crippen LogP contribution in [0.3, 0.4) is 0 Å². The van der Waals surface area contributed by atoms with Crippen LogP contribution in [0.2, 0.25) is 0 Å². The Bertz CT molecular complexity index is 455. The van der Waals surface area contributed by atoms with E-state index in [-0.39, 0.29) is 17.6 Å². The number of halogens is 1. The van der Waals surface area contributed by atoms with Gasteiger partial charge >= 0.3 is 0 Å². The third-order valence-corrected chi connectivity index (χ3v) is 9.45. The summed E-state index contributed by atoms with van der Waals surface area (Å²) in [6.07, 6.45) is 9.28. The van der Waals surface area contributed by atoms with Crippen molar-refractivity contribution in [1.29, 1.82) is 0 Å². The lowest BCUT2D eigenvalue weighted by molar-refractivity contribution is -0.133. The molecule has 4 fully saturated rings. The molecule has 2 N–H and O–H groups in total. The Labute approximate surface area is 143 Å². The number of rotatable bonds is 0. The predicted octanol–water partition coefficient (Wildman–Crippen LogP) is 4.12. The van der Waals surface area contributed by atoms with Crippen molar-refractivity contribution in [3.63, 3.8) is 0 Å². The molecule has 1 unspecified atom stereocenters. The third kappa shape index (κ3) is 2.04. The standard InChI is InChI=1S/C19H31BrO2/c1-18-7-5-12(21)9-11(18)3-4-13-14(18)6-8-19(2)15(13)10-16(20)17(19)22/h11-17,21-22H,3-10H2,1-2H3/t11?,12-,13+,14-,15-,16+,17-,18-,19-/m0/s1. The predicted molar refractivity (Wildman–Crippen MR) is 91.8 cm³/mol. The van der Waals surface area contributed by atoms with Gasteiger partial charge in [0, 0.05) is 4.83 Å². The first kappa shape index (κ1) is 15.9. The van der Waals surface area contributed by atoms with Crippen LogP contribution in [-0.2, 0) is 0 Å². The zero-order chi connectivity index (χ0) is 15.7. The van der Waals surface area contributed by atoms with Gasteiger partial charge in [-0.15, -0.1) is 0 Å². The van der Waals surface area contributed by atoms with Gasteiger partial charge in [0.15, 0.2) is 0 Å². The highest BCUT2D eigenvalue weighted by molar-refractivity contribution is 9.09. The van der Waals surface area contributed by atoms with Crippen LogP contribution in [0.5, 0.6) is 0 Å². The van der Waals surface area contributed by atoms with Gasteiger partial charge in [0.1, 0.15) is 0 Å². The lowest BCUT2D eigenvalue weighted by Gasteiger charge is -2.60. The van der Waals surface area contributed by atoms with Gasteiger partial charge in [-0.05, 0) is 85.9 Å². The van der Waals surface area contributed by atoms with E-state index in [1.165, 1.54) is 32.1 Å². The third-order valence-electron chi connectivity index (χ3n) is 8.57. The highest BCUT2D eigenvalue weighted by Crippen LogP contribution is 2.66. The molecule has 4 aliphatic carbocycles. The van der Waals surface area contributed by atoms with Gasteiger partial charge in [-0.2, -0.15) is 0 Å². The molecule has 0 aromatic rings. The van der Waals surface area contributed by atoms with Crippen molar-refractivity contribution in [3.05, 3.63) is 0 Å². The molecule has 3 heteroatoms. The van der Waals surface area contributed by atoms with Gasteiger partial charge in [-0.3, -0.25) is 0 Å². The molecule has 0 bridgehead atoms. The fourth-order valence-electron chi connectivity index (χ4n) is 7.18. The molecule has 0 aliphatic heterocycles. The maximum Gasteiger partial charge on any atom is 0.0721 e. The molecule has 0 saturated heterocycles. The summed E-state index contributed by atoms with van der Waals surface area (Å²) in [6, 6.07) is 0. The Morgan fingerprint density at radius 2 is 1.59 bits per heavy atom. The fourth-order valence-corrected chi connectivity index (χ4v) is 8.19. The second kappa shape index (κ2) is 5.20. The minimum Gasteiger partial charge on any atom is -0.393 e. The van der Waals surface area contributed by atoms with Crippen molar-refractivity contribution in [2.24, 2.45) is 34.5 Å². The van der Waals surface area contributed by atoms with Crippen LogP contribution >= 0.6 is 15.9 Å². The Morgan fingerprint density at radius 3 is 2.36 bits per heavy atom. The minimum absolute atomic E-state index is 0.0521. The van der Waals surface area contributed by atoms with Gasteiger partial charge in [-0.1, -0.05) is 29.8 Å². The number of alkyl halides is 1. The molecule has 0 spiro atoms. The molecule has 2 nitrogen and oxygen atoms in total. The summed E-state index contributed by atoms with van der Waals surface area (Å²) in [5.74, 6) is 3.04. The molecular formula is C19H31BrO2. The van der Waals surface area contributed by atoms with Crippen molar-refractivity contribution in [2.75, 3.05) is 0 Å². The summed E-state index contributed by atoms with van der Waals surface area (Å²) in [5.41, 5.74) is 0.575. The first-order valence-electron chi connectivity index (χ1n) is 9.36. The van der Waals surface area contributed by atoms with E-state index in [0.29, 0.717) is 16.2 Å². The fraction of sp³-hybridized carbons (Fsp3) is 1.00. The maximum atomic E-state index is 10.7. The molecule has 0 heterocycles. The molecule has 126 valence electrons. The topological polar surface area (TPSA) is 40.5 Å². The number of hydrogen-bond donors (Lipinski definition) is 2. The SMILES string of the molecule is C[C@]12CC[C@H]3[C@@H](CCC4C[C@@H](O)CC[C@@]43C)[C@@H]1C[C@@H](Br)[C@@H]2O. The number of aliphatic hydroxyl groups excluding tert-OH is 2. The van der Waals surface area contributed by atoms with Crippen LogP contribution in [0.4, 0.5) is 0 Å². The normalized spacial score (nSPS) is 61.2. The van der Waals surface area contributed by atoms with Crippen LogP contribution in [0, 0.1) is 34.5 Å². The molecule has 9 atom stereocenters. The van der Waals surface area contributed by atoms with E-state index in [0.717, 1.165) is 37.0 Å². The number of hydrogen-bond acceptors (Lipinski definition) is 2. The lowest BCUT2D eigenvalue weighted by Crippen LogP contribution is -2.54. The van der Waals surface area contributed by atoms with Crippen LogP contribution in [0.1, 0.15) is 65.2 Å². The molecule has 22 heavy (non-hydrogen) atoms. The molecule has 0 aromatic carbocycles. The van der Waals surface area contributed by atoms with E-state index in [1.807, 2.05) is 0 Å². The maximum absolute atomic E-state index is 10.7. The summed E-state index contributed by atoms with van der Waals surface area (Å²) in [5, 5.41) is 20.8. The summed E-state index contributed by atoms with van der Waals surface area (Å²) in [7, 11) is 0. The Balaban J connectivity index is 1.63. The second-order valence-corrected chi connectivity index (χ2v) is 10.5. The molecule has 0 amide bonds. The zero-order valence-corrected chi connectivity index (χ0v) is 15.6. The average Bonchev–Trinajstić information content (AvgIpc) is 2.72. The van der Waals surface area contributed by atoms with Crippen molar-refractivity contribution in [1.82, 2.24) is 0 Å². The van der Waals surface area contributed by atoms with Gasteiger partial charge in [0.25, 0.3) is 0 Å². The molecule has 4 saturated carbocycles. The van der Waals surface area contributed by atoms with Crippen LogP contribution in [-0.4, -0.2) is 27.2 Å². The Kier molecular flexibility index (Phi) is 3.76. The van der Waals surface area contributed by atoms with Crippen molar-refractivity contribution >= 4 is 15.9 Å². The smallest absolute Gasteiger partial charge is 0.0721 e. The largest absolute Gasteiger partial charge is 0.393 e. The monoisotopic (exact) mass is 370 g/mol. The molecule has 4 rings (SSSR count). The first-order valence-corrected chi connectivity index (χ1v) is 10.3. The molecule has 0 radical (unpaired) electrons. The van der Waals surface area contributed by atoms with E-state index in [1.54, 1.807) is 0 Å². The summed E-state index contributed by atoms with van der Waals surface area (Å²) in [6.45, 7) is 4.87. The molecule has 4 aliphatic rings. The Morgan fingerprint density at radius 1 is 0.864 bits per heavy atom. The zero-order valence-electron chi connectivity index (χ0n) is 14.0. The van der Waals surface area contributed by atoms with E-state index in [4.69, 9.17) is 0 Å². The lowest BCUT2D eigenvalue weighted by atomic mass is 9.45. The van der Waals surface area contributed by atoms with Crippen molar-refractivity contribution in [3.8, 4) is 0 Å². The molecule has 0 aromatic heterocycles. The van der Waals surface area contributed by atoms with Gasteiger partial charge in [-0.25, -0.2) is 0 Å². The Hall–Kier alpha value is 0.400. The highest BCUT2D eigenvalue weighted by atomic mass is 79.9. The van der Waals surface area contributed by atoms with Gasteiger partial charge in [0.05, 0.1) is 12.2 Å². The minimum atomic E-state index is -0.169. The second-order valence-electron chi connectivity index (χ2n) is 9.33. The summed E-state index contributed by atoms with van der Waals surface area (Å²) in [4.78, 5) is 0.292. The van der Waals surface area contributed by atoms with E-state index in [9.17, 15) is 10.2 Å². The van der Waals surface area contributed by atoms with E-state index >= 15 is 0 Å². The van der Waals surface area contributed by atoms with Gasteiger partial charge < -0.3 is 10.2 Å². The van der Waals surface area contributed by atoms with Crippen molar-refractivity contribution in [2.45, 2.75) is 82.2 Å². The van der Waals surface area contributed by atoms with Crippen molar-refractivity contribution < 1.29 is 10.2 Å². The quantitative estimate of drug-likeness (QED) is 0.629. The van der Waals surface area contributed by atoms with Gasteiger partial charge in [0.2, 0.25) is 0 Å². The highest BCUT2D eigenvalue weighted by Gasteiger charge is 2.61. The number of aliphatic hydroxyl groups is 2. The van der Waals surface area contributed by atoms with Crippen LogP contribution in [0.25, 0.3) is 0 Å². The number of fused-ring (bicyclic) bond motifs is 5. The first-order chi connectivity index (χ1) is 10.4. The van der Waals surface area contributed by atoms with Crippen LogP contribution in [0.15, 0.2) is 0 Å². The average molecular weight is 371 g/mol.